The highest BCUT2D eigenvalue weighted by molar-refractivity contribution is 5.87. The van der Waals surface area contributed by atoms with Gasteiger partial charge in [-0.3, -0.25) is 0 Å². The van der Waals surface area contributed by atoms with Crippen molar-refractivity contribution in [3.05, 3.63) is 137 Å². The molecular formula is C39H33N7O. The van der Waals surface area contributed by atoms with E-state index >= 15 is 0 Å². The lowest BCUT2D eigenvalue weighted by Gasteiger charge is -2.13. The van der Waals surface area contributed by atoms with Crippen LogP contribution in [0.5, 0.6) is 0 Å². The van der Waals surface area contributed by atoms with Crippen molar-refractivity contribution in [1.29, 1.82) is 0 Å². The number of nitrogens with one attached hydrogen (secondary N) is 1. The summed E-state index contributed by atoms with van der Waals surface area (Å²) in [6.45, 7) is 4.95. The van der Waals surface area contributed by atoms with Gasteiger partial charge in [-0.15, -0.1) is 10.2 Å². The Hall–Kier alpha value is -5.89. The second-order valence-corrected chi connectivity index (χ2v) is 12.0. The fraction of sp³-hybridized carbons (Fsp3) is 0.154. The molecule has 0 unspecified atom stereocenters. The minimum Gasteiger partial charge on any atom is -0.436 e. The number of imidazole rings is 1. The molecular weight excluding hydrogens is 582 g/mol. The lowest BCUT2D eigenvalue weighted by molar-refractivity contribution is 0.616. The zero-order chi connectivity index (χ0) is 31.7. The van der Waals surface area contributed by atoms with Crippen molar-refractivity contribution in [2.24, 2.45) is 0 Å². The summed E-state index contributed by atoms with van der Waals surface area (Å²) < 4.78 is 8.85. The number of fused-ring (bicyclic) bond motifs is 2. The minimum atomic E-state index is 0.565. The highest BCUT2D eigenvalue weighted by atomic mass is 16.3. The highest BCUT2D eigenvalue weighted by Gasteiger charge is 2.19. The Morgan fingerprint density at radius 1 is 0.766 bits per heavy atom. The Morgan fingerprint density at radius 2 is 1.60 bits per heavy atom. The third-order valence-corrected chi connectivity index (χ3v) is 8.67. The van der Waals surface area contributed by atoms with E-state index in [1.807, 2.05) is 30.3 Å². The van der Waals surface area contributed by atoms with Crippen LogP contribution in [0.2, 0.25) is 0 Å². The Kier molecular flexibility index (Phi) is 7.38. The number of benzene rings is 5. The Labute approximate surface area is 272 Å². The number of hydrogen-bond donors (Lipinski definition) is 1. The summed E-state index contributed by atoms with van der Waals surface area (Å²) in [5.74, 6) is 2.23. The molecule has 8 heteroatoms. The van der Waals surface area contributed by atoms with Crippen molar-refractivity contribution < 1.29 is 4.42 Å². The van der Waals surface area contributed by atoms with Gasteiger partial charge in [0, 0.05) is 36.1 Å². The first kappa shape index (κ1) is 28.6. The summed E-state index contributed by atoms with van der Waals surface area (Å²) in [7, 11) is 0. The van der Waals surface area contributed by atoms with Gasteiger partial charge in [0.05, 0.1) is 11.0 Å². The summed E-state index contributed by atoms with van der Waals surface area (Å²) in [5.41, 5.74) is 12.3. The van der Waals surface area contributed by atoms with Crippen LogP contribution < -0.4 is 0 Å². The first-order valence-electron chi connectivity index (χ1n) is 16.0. The maximum Gasteiger partial charge on any atom is 0.227 e. The molecule has 5 aromatic carbocycles. The lowest BCUT2D eigenvalue weighted by Crippen LogP contribution is -2.06. The molecule has 8 nitrogen and oxygen atoms in total. The summed E-state index contributed by atoms with van der Waals surface area (Å²) in [4.78, 5) is 10.1. The van der Waals surface area contributed by atoms with E-state index in [4.69, 9.17) is 14.4 Å². The van der Waals surface area contributed by atoms with Crippen LogP contribution in [0.3, 0.4) is 0 Å². The maximum absolute atomic E-state index is 6.52. The van der Waals surface area contributed by atoms with Gasteiger partial charge in [-0.25, -0.2) is 9.97 Å². The van der Waals surface area contributed by atoms with E-state index in [9.17, 15) is 0 Å². The Morgan fingerprint density at radius 3 is 2.38 bits per heavy atom. The SMILES string of the molecule is CCCc1nc2c(C)cc(-c3nc4cccc(Cc5ccccc5)c4o3)cc2n1Cc1ccc(-c2ccccc2)c(-c2nn[nH]n2)c1. The van der Waals surface area contributed by atoms with Crippen LogP contribution >= 0.6 is 0 Å². The molecule has 0 radical (unpaired) electrons. The van der Waals surface area contributed by atoms with Crippen LogP contribution in [-0.2, 0) is 19.4 Å². The molecule has 0 saturated carbocycles. The largest absolute Gasteiger partial charge is 0.436 e. The number of nitrogens with zero attached hydrogens (tertiary/aromatic N) is 6. The number of hydrogen-bond acceptors (Lipinski definition) is 6. The number of H-pyrrole nitrogens is 1. The number of aryl methyl sites for hydroxylation is 2. The third kappa shape index (κ3) is 5.48. The molecule has 1 N–H and O–H groups in total. The van der Waals surface area contributed by atoms with Gasteiger partial charge in [-0.2, -0.15) is 5.21 Å². The van der Waals surface area contributed by atoms with Crippen LogP contribution in [0.25, 0.3) is 56.1 Å². The van der Waals surface area contributed by atoms with E-state index in [1.165, 1.54) is 5.56 Å². The van der Waals surface area contributed by atoms with Crippen molar-refractivity contribution in [3.8, 4) is 34.0 Å². The predicted octanol–water partition coefficient (Wildman–Crippen LogP) is 8.59. The molecule has 0 aliphatic carbocycles. The van der Waals surface area contributed by atoms with Gasteiger partial charge in [-0.1, -0.05) is 91.9 Å². The second kappa shape index (κ2) is 12.1. The van der Waals surface area contributed by atoms with Crippen molar-refractivity contribution in [2.75, 3.05) is 0 Å². The molecule has 8 rings (SSSR count). The molecule has 3 aromatic heterocycles. The van der Waals surface area contributed by atoms with Gasteiger partial charge in [0.2, 0.25) is 11.7 Å². The fourth-order valence-electron chi connectivity index (χ4n) is 6.44. The highest BCUT2D eigenvalue weighted by Crippen LogP contribution is 2.34. The molecule has 0 atom stereocenters. The summed E-state index contributed by atoms with van der Waals surface area (Å²) in [5, 5.41) is 15.1. The van der Waals surface area contributed by atoms with Crippen LogP contribution in [0.1, 0.15) is 41.4 Å². The molecule has 0 amide bonds. The number of rotatable bonds is 9. The second-order valence-electron chi connectivity index (χ2n) is 12.0. The van der Waals surface area contributed by atoms with Gasteiger partial charge in [0.15, 0.2) is 5.58 Å². The van der Waals surface area contributed by atoms with Crippen LogP contribution in [0.15, 0.2) is 114 Å². The number of aromatic amines is 1. The summed E-state index contributed by atoms with van der Waals surface area (Å²) in [6.07, 6.45) is 2.65. The summed E-state index contributed by atoms with van der Waals surface area (Å²) >= 11 is 0. The van der Waals surface area contributed by atoms with E-state index < -0.39 is 0 Å². The topological polar surface area (TPSA) is 98.3 Å². The standard InChI is InChI=1S/C39H33N7O/c1-3-11-35-41-36-25(2)20-30(39-40-33-17-10-16-29(37(33)47-39)21-26-12-6-4-7-13-26)23-34(36)46(35)24-27-18-19-31(28-14-8-5-9-15-28)32(22-27)38-42-44-45-43-38/h4-10,12-20,22-23H,3,11,21,24H2,1-2H3,(H,42,43,44,45). The van der Waals surface area contributed by atoms with Crippen molar-refractivity contribution >= 4 is 22.1 Å². The summed E-state index contributed by atoms with van der Waals surface area (Å²) in [6, 6.07) is 37.8. The van der Waals surface area contributed by atoms with Gasteiger partial charge < -0.3 is 8.98 Å². The molecule has 0 fully saturated rings. The number of aromatic nitrogens is 7. The van der Waals surface area contributed by atoms with Gasteiger partial charge in [0.25, 0.3) is 0 Å². The molecule has 0 spiro atoms. The average molecular weight is 616 g/mol. The fourth-order valence-corrected chi connectivity index (χ4v) is 6.44. The number of para-hydroxylation sites is 1. The maximum atomic E-state index is 6.52. The number of tetrazole rings is 1. The molecule has 8 aromatic rings. The number of oxazole rings is 1. The molecule has 0 aliphatic heterocycles. The van der Waals surface area contributed by atoms with Gasteiger partial charge in [-0.05, 0) is 70.6 Å². The zero-order valence-electron chi connectivity index (χ0n) is 26.3. The van der Waals surface area contributed by atoms with E-state index in [0.717, 1.165) is 86.2 Å². The normalized spacial score (nSPS) is 11.5. The molecule has 230 valence electrons. The first-order valence-corrected chi connectivity index (χ1v) is 16.0. The van der Waals surface area contributed by atoms with Gasteiger partial charge >= 0.3 is 0 Å². The van der Waals surface area contributed by atoms with E-state index in [2.05, 4.69) is 118 Å². The Balaban J connectivity index is 1.21. The molecule has 3 heterocycles. The van der Waals surface area contributed by atoms with Crippen LogP contribution in [0.4, 0.5) is 0 Å². The van der Waals surface area contributed by atoms with Crippen LogP contribution in [-0.4, -0.2) is 35.2 Å². The molecule has 0 saturated heterocycles. The van der Waals surface area contributed by atoms with Crippen LogP contribution in [0, 0.1) is 6.92 Å². The lowest BCUT2D eigenvalue weighted by atomic mass is 9.97. The van der Waals surface area contributed by atoms with E-state index in [1.54, 1.807) is 0 Å². The third-order valence-electron chi connectivity index (χ3n) is 8.67. The van der Waals surface area contributed by atoms with Gasteiger partial charge in [0.1, 0.15) is 11.3 Å². The smallest absolute Gasteiger partial charge is 0.227 e. The first-order chi connectivity index (χ1) is 23.1. The average Bonchev–Trinajstić information content (AvgIpc) is 3.87. The monoisotopic (exact) mass is 615 g/mol. The Bertz CT molecular complexity index is 2320. The van der Waals surface area contributed by atoms with Crippen molar-refractivity contribution in [3.63, 3.8) is 0 Å². The molecule has 0 bridgehead atoms. The molecule has 0 aliphatic rings. The van der Waals surface area contributed by atoms with Crippen molar-refractivity contribution in [2.45, 2.75) is 39.7 Å². The zero-order valence-corrected chi connectivity index (χ0v) is 26.3. The van der Waals surface area contributed by atoms with E-state index in [-0.39, 0.29) is 0 Å². The van der Waals surface area contributed by atoms with E-state index in [0.29, 0.717) is 18.3 Å². The van der Waals surface area contributed by atoms with Crippen molar-refractivity contribution in [1.82, 2.24) is 35.2 Å². The molecule has 47 heavy (non-hydrogen) atoms. The predicted molar refractivity (Wildman–Crippen MR) is 185 cm³/mol. The quantitative estimate of drug-likeness (QED) is 0.175. The minimum absolute atomic E-state index is 0.565.